The Morgan fingerprint density at radius 3 is 2.56 bits per heavy atom. The summed E-state index contributed by atoms with van der Waals surface area (Å²) >= 11 is 1.15. The Morgan fingerprint density at radius 2 is 1.94 bits per heavy atom. The van der Waals surface area contributed by atoms with Crippen molar-refractivity contribution in [2.45, 2.75) is 0 Å². The van der Waals surface area contributed by atoms with Gasteiger partial charge in [-0.2, -0.15) is 0 Å². The number of sulfonamides is 1. The Morgan fingerprint density at radius 1 is 1.28 bits per heavy atom. The molecule has 0 radical (unpaired) electrons. The molecule has 0 fully saturated rings. The number of amides is 1. The first-order chi connectivity index (χ1) is 8.46. The molecule has 0 spiro atoms. The second-order valence-corrected chi connectivity index (χ2v) is 6.38. The molecule has 0 saturated heterocycles. The van der Waals surface area contributed by atoms with Crippen molar-refractivity contribution in [2.75, 3.05) is 6.26 Å². The number of carbonyl (C=O) groups is 1. The predicted octanol–water partition coefficient (Wildman–Crippen LogP) is 1.50. The number of benzene rings is 1. The van der Waals surface area contributed by atoms with Gasteiger partial charge in [0.2, 0.25) is 10.0 Å². The third-order valence-corrected chi connectivity index (χ3v) is 3.63. The van der Waals surface area contributed by atoms with E-state index in [1.165, 1.54) is 6.20 Å². The van der Waals surface area contributed by atoms with Crippen molar-refractivity contribution >= 4 is 27.3 Å². The maximum atomic E-state index is 11.6. The molecule has 0 unspecified atom stereocenters. The van der Waals surface area contributed by atoms with Crippen LogP contribution in [0.5, 0.6) is 0 Å². The summed E-state index contributed by atoms with van der Waals surface area (Å²) in [6.45, 7) is 0. The van der Waals surface area contributed by atoms with Gasteiger partial charge >= 0.3 is 0 Å². The SMILES string of the molecule is CS(=O)(=O)NC(=O)c1cnc(-c2ccccc2)s1. The van der Waals surface area contributed by atoms with E-state index in [1.807, 2.05) is 35.1 Å². The molecule has 0 aliphatic heterocycles. The summed E-state index contributed by atoms with van der Waals surface area (Å²) in [5.74, 6) is -0.655. The molecule has 0 bridgehead atoms. The molecule has 7 heteroatoms. The zero-order valence-corrected chi connectivity index (χ0v) is 11.1. The second kappa shape index (κ2) is 4.87. The van der Waals surface area contributed by atoms with Crippen LogP contribution in [-0.4, -0.2) is 25.6 Å². The highest BCUT2D eigenvalue weighted by molar-refractivity contribution is 7.89. The highest BCUT2D eigenvalue weighted by Gasteiger charge is 2.14. The lowest BCUT2D eigenvalue weighted by molar-refractivity contribution is 0.0985. The minimum absolute atomic E-state index is 0.263. The topological polar surface area (TPSA) is 76.1 Å². The highest BCUT2D eigenvalue weighted by Crippen LogP contribution is 2.24. The molecular formula is C11H10N2O3S2. The molecule has 1 heterocycles. The summed E-state index contributed by atoms with van der Waals surface area (Å²) in [6, 6.07) is 9.36. The van der Waals surface area contributed by atoms with Crippen molar-refractivity contribution in [3.05, 3.63) is 41.4 Å². The van der Waals surface area contributed by atoms with Gasteiger partial charge in [0.15, 0.2) is 0 Å². The van der Waals surface area contributed by atoms with Gasteiger partial charge in [-0.15, -0.1) is 11.3 Å². The minimum atomic E-state index is -3.55. The Labute approximate surface area is 109 Å². The molecule has 1 aromatic carbocycles. The van der Waals surface area contributed by atoms with E-state index >= 15 is 0 Å². The van der Waals surface area contributed by atoms with Gasteiger partial charge in [0, 0.05) is 5.56 Å². The summed E-state index contributed by atoms with van der Waals surface area (Å²) in [4.78, 5) is 15.9. The molecule has 1 aromatic heterocycles. The standard InChI is InChI=1S/C11H10N2O3S2/c1-18(15,16)13-10(14)9-7-12-11(17-9)8-5-3-2-4-6-8/h2-7H,1H3,(H,13,14). The van der Waals surface area contributed by atoms with Gasteiger partial charge in [0.25, 0.3) is 5.91 Å². The van der Waals surface area contributed by atoms with Crippen LogP contribution in [0, 0.1) is 0 Å². The molecule has 2 aromatic rings. The van der Waals surface area contributed by atoms with Crippen LogP contribution in [0.2, 0.25) is 0 Å². The van der Waals surface area contributed by atoms with Crippen LogP contribution in [0.1, 0.15) is 9.67 Å². The normalized spacial score (nSPS) is 11.2. The Kier molecular flexibility index (Phi) is 3.44. The maximum Gasteiger partial charge on any atom is 0.276 e. The Bertz CT molecular complexity index is 663. The Balaban J connectivity index is 2.24. The van der Waals surface area contributed by atoms with Crippen LogP contribution >= 0.6 is 11.3 Å². The third kappa shape index (κ3) is 3.14. The number of aromatic nitrogens is 1. The summed E-state index contributed by atoms with van der Waals surface area (Å²) in [7, 11) is -3.55. The van der Waals surface area contributed by atoms with Crippen molar-refractivity contribution in [2.24, 2.45) is 0 Å². The van der Waals surface area contributed by atoms with Gasteiger partial charge in [0.1, 0.15) is 9.88 Å². The number of hydrogen-bond donors (Lipinski definition) is 1. The Hall–Kier alpha value is -1.73. The summed E-state index contributed by atoms with van der Waals surface area (Å²) in [5, 5.41) is 0.675. The number of thiazole rings is 1. The maximum absolute atomic E-state index is 11.6. The summed E-state index contributed by atoms with van der Waals surface area (Å²) < 4.78 is 23.8. The van der Waals surface area contributed by atoms with Crippen LogP contribution in [-0.2, 0) is 10.0 Å². The number of nitrogens with one attached hydrogen (secondary N) is 1. The zero-order valence-electron chi connectivity index (χ0n) is 9.45. The van der Waals surface area contributed by atoms with Crippen molar-refractivity contribution < 1.29 is 13.2 Å². The van der Waals surface area contributed by atoms with E-state index in [2.05, 4.69) is 4.98 Å². The molecule has 0 aliphatic carbocycles. The molecule has 0 aliphatic rings. The lowest BCUT2D eigenvalue weighted by atomic mass is 10.2. The molecule has 94 valence electrons. The largest absolute Gasteiger partial charge is 0.276 e. The quantitative estimate of drug-likeness (QED) is 0.925. The molecule has 0 saturated carbocycles. The summed E-state index contributed by atoms with van der Waals surface area (Å²) in [5.41, 5.74) is 0.890. The van der Waals surface area contributed by atoms with E-state index in [-0.39, 0.29) is 4.88 Å². The average molecular weight is 282 g/mol. The van der Waals surface area contributed by atoms with Gasteiger partial charge in [0.05, 0.1) is 12.5 Å². The van der Waals surface area contributed by atoms with E-state index in [0.29, 0.717) is 5.01 Å². The predicted molar refractivity (Wildman–Crippen MR) is 69.9 cm³/mol. The van der Waals surface area contributed by atoms with Gasteiger partial charge in [-0.1, -0.05) is 30.3 Å². The number of nitrogens with zero attached hydrogens (tertiary/aromatic N) is 1. The zero-order chi connectivity index (χ0) is 13.2. The lowest BCUT2D eigenvalue weighted by Crippen LogP contribution is -2.28. The summed E-state index contributed by atoms with van der Waals surface area (Å²) in [6.07, 6.45) is 2.30. The van der Waals surface area contributed by atoms with E-state index < -0.39 is 15.9 Å². The van der Waals surface area contributed by atoms with E-state index in [9.17, 15) is 13.2 Å². The molecule has 5 nitrogen and oxygen atoms in total. The van der Waals surface area contributed by atoms with Gasteiger partial charge in [-0.25, -0.2) is 18.1 Å². The second-order valence-electron chi connectivity index (χ2n) is 3.60. The first-order valence-electron chi connectivity index (χ1n) is 4.99. The van der Waals surface area contributed by atoms with Crippen LogP contribution in [0.25, 0.3) is 10.6 Å². The fourth-order valence-electron chi connectivity index (χ4n) is 1.31. The molecular weight excluding hydrogens is 272 g/mol. The van der Waals surface area contributed by atoms with Crippen LogP contribution < -0.4 is 4.72 Å². The number of carbonyl (C=O) groups excluding carboxylic acids is 1. The first-order valence-corrected chi connectivity index (χ1v) is 7.70. The average Bonchev–Trinajstić information content (AvgIpc) is 2.77. The van der Waals surface area contributed by atoms with Gasteiger partial charge in [-0.05, 0) is 0 Å². The van der Waals surface area contributed by atoms with Crippen LogP contribution in [0.4, 0.5) is 0 Å². The molecule has 0 atom stereocenters. The van der Waals surface area contributed by atoms with Crippen molar-refractivity contribution in [3.63, 3.8) is 0 Å². The molecule has 2 rings (SSSR count). The molecule has 1 amide bonds. The van der Waals surface area contributed by atoms with E-state index in [1.54, 1.807) is 0 Å². The number of hydrogen-bond acceptors (Lipinski definition) is 5. The lowest BCUT2D eigenvalue weighted by Gasteiger charge is -1.98. The van der Waals surface area contributed by atoms with Crippen LogP contribution in [0.3, 0.4) is 0 Å². The van der Waals surface area contributed by atoms with Crippen molar-refractivity contribution in [1.29, 1.82) is 0 Å². The smallest absolute Gasteiger partial charge is 0.267 e. The highest BCUT2D eigenvalue weighted by atomic mass is 32.2. The van der Waals surface area contributed by atoms with Crippen molar-refractivity contribution in [1.82, 2.24) is 9.71 Å². The van der Waals surface area contributed by atoms with Gasteiger partial charge in [-0.3, -0.25) is 4.79 Å². The number of rotatable bonds is 3. The van der Waals surface area contributed by atoms with Crippen molar-refractivity contribution in [3.8, 4) is 10.6 Å². The molecule has 18 heavy (non-hydrogen) atoms. The third-order valence-electron chi connectivity index (χ3n) is 2.03. The molecule has 1 N–H and O–H groups in total. The fraction of sp³-hybridized carbons (Fsp3) is 0.0909. The fourth-order valence-corrected chi connectivity index (χ4v) is 2.64. The van der Waals surface area contributed by atoms with Crippen LogP contribution in [0.15, 0.2) is 36.5 Å². The minimum Gasteiger partial charge on any atom is -0.267 e. The van der Waals surface area contributed by atoms with Gasteiger partial charge < -0.3 is 0 Å². The van der Waals surface area contributed by atoms with E-state index in [0.717, 1.165) is 23.2 Å². The monoisotopic (exact) mass is 282 g/mol. The first kappa shape index (κ1) is 12.7. The van der Waals surface area contributed by atoms with E-state index in [4.69, 9.17) is 0 Å².